The molecule has 1 N–H and O–H groups in total. The minimum atomic E-state index is -0.680. The van der Waals surface area contributed by atoms with Gasteiger partial charge in [-0.1, -0.05) is 65.3 Å². The fourth-order valence-corrected chi connectivity index (χ4v) is 11.1. The summed E-state index contributed by atoms with van der Waals surface area (Å²) in [7, 11) is 0. The molecule has 9 nitrogen and oxygen atoms in total. The standard InChI is InChI=1S/C39H54N4O5/c1-33(2,3)47-32(46)41-19-13-28-42-31(43-48-28)39-17-15-34(4,5)21-23(39)29-25(44)20-27-36(8)22-24(40-11)30(45)35(6,7)26(36)12-14-37(27,9)38(29,10)16-18-39/h20,22-23,26,29H,12-19,21H2,1-10H3,(H,41,46)/t23-,26-,29-,36-,37+,38+,39-/m0/s1. The molecule has 5 aliphatic rings. The van der Waals surface area contributed by atoms with Gasteiger partial charge in [0, 0.05) is 35.1 Å². The molecule has 0 radical (unpaired) electrons. The normalized spacial score (nSPS) is 38.2. The highest BCUT2D eigenvalue weighted by atomic mass is 16.6. The predicted octanol–water partition coefficient (Wildman–Crippen LogP) is 7.96. The number of Topliss-reactive ketones (excluding diaryl/α,β-unsaturated/α-hetero) is 1. The van der Waals surface area contributed by atoms with Gasteiger partial charge in [0.25, 0.3) is 0 Å². The topological polar surface area (TPSA) is 116 Å². The van der Waals surface area contributed by atoms with Crippen LogP contribution in [0.25, 0.3) is 4.85 Å². The molecule has 6 rings (SSSR count). The number of carbonyl (C=O) groups excluding carboxylic acids is 3. The van der Waals surface area contributed by atoms with Crippen LogP contribution in [0.15, 0.2) is 27.9 Å². The summed E-state index contributed by atoms with van der Waals surface area (Å²) in [5.41, 5.74) is -1.41. The number of nitrogens with one attached hydrogen (secondary N) is 1. The monoisotopic (exact) mass is 658 g/mol. The lowest BCUT2D eigenvalue weighted by molar-refractivity contribution is -0.160. The third-order valence-corrected chi connectivity index (χ3v) is 13.8. The van der Waals surface area contributed by atoms with Crippen LogP contribution in [0.4, 0.5) is 4.79 Å². The van der Waals surface area contributed by atoms with Crippen LogP contribution in [0.3, 0.4) is 0 Å². The highest BCUT2D eigenvalue weighted by Crippen LogP contribution is 2.74. The van der Waals surface area contributed by atoms with E-state index in [2.05, 4.69) is 49.9 Å². The van der Waals surface area contributed by atoms with E-state index in [-0.39, 0.29) is 56.7 Å². The molecule has 0 spiro atoms. The lowest BCUT2D eigenvalue weighted by Crippen LogP contribution is -2.65. The average molecular weight is 659 g/mol. The van der Waals surface area contributed by atoms with Gasteiger partial charge in [0.1, 0.15) is 5.60 Å². The molecule has 7 atom stereocenters. The molecule has 0 saturated heterocycles. The maximum Gasteiger partial charge on any atom is 0.407 e. The Morgan fingerprint density at radius 1 is 1.06 bits per heavy atom. The number of alkyl carbamates (subject to hydrolysis) is 1. The Labute approximate surface area is 285 Å². The Balaban J connectivity index is 1.37. The van der Waals surface area contributed by atoms with E-state index in [0.717, 1.165) is 50.5 Å². The number of amides is 1. The third kappa shape index (κ3) is 5.02. The zero-order valence-corrected chi connectivity index (χ0v) is 30.6. The second-order valence-electron chi connectivity index (χ2n) is 18.6. The first-order chi connectivity index (χ1) is 22.1. The molecule has 1 aromatic rings. The Morgan fingerprint density at radius 2 is 1.75 bits per heavy atom. The van der Waals surface area contributed by atoms with Crippen molar-refractivity contribution in [3.05, 3.63) is 46.6 Å². The van der Waals surface area contributed by atoms with Crippen LogP contribution in [0.2, 0.25) is 0 Å². The highest BCUT2D eigenvalue weighted by Gasteiger charge is 2.70. The number of hydrogen-bond donors (Lipinski definition) is 1. The maximum atomic E-state index is 14.8. The van der Waals surface area contributed by atoms with Crippen molar-refractivity contribution in [3.8, 4) is 0 Å². The summed E-state index contributed by atoms with van der Waals surface area (Å²) < 4.78 is 11.2. The minimum absolute atomic E-state index is 0.0223. The first-order valence-corrected chi connectivity index (χ1v) is 17.9. The molecular weight excluding hydrogens is 604 g/mol. The molecule has 1 aromatic heterocycles. The van der Waals surface area contributed by atoms with Crippen LogP contribution in [-0.2, 0) is 26.2 Å². The third-order valence-electron chi connectivity index (χ3n) is 13.8. The molecular formula is C39H54N4O5. The van der Waals surface area contributed by atoms with Crippen molar-refractivity contribution < 1.29 is 23.6 Å². The number of fused-ring (bicyclic) bond motifs is 7. The molecule has 5 aliphatic carbocycles. The van der Waals surface area contributed by atoms with Gasteiger partial charge in [-0.05, 0) is 99.9 Å². The molecule has 0 unspecified atom stereocenters. The number of allylic oxidation sites excluding steroid dienone is 4. The van der Waals surface area contributed by atoms with Gasteiger partial charge in [0.2, 0.25) is 11.6 Å². The van der Waals surface area contributed by atoms with Gasteiger partial charge in [-0.3, -0.25) is 4.79 Å². The lowest BCUT2D eigenvalue weighted by Gasteiger charge is -2.69. The summed E-state index contributed by atoms with van der Waals surface area (Å²) in [6.07, 6.45) is 10.0. The number of aromatic nitrogens is 2. The number of hydrogen-bond acceptors (Lipinski definition) is 7. The summed E-state index contributed by atoms with van der Waals surface area (Å²) in [6.45, 7) is 29.1. The van der Waals surface area contributed by atoms with Gasteiger partial charge in [-0.2, -0.15) is 4.98 Å². The first-order valence-electron chi connectivity index (χ1n) is 17.9. The number of ketones is 2. The first kappa shape index (κ1) is 34.6. The second-order valence-corrected chi connectivity index (χ2v) is 18.6. The van der Waals surface area contributed by atoms with E-state index in [1.54, 1.807) is 0 Å². The van der Waals surface area contributed by atoms with E-state index >= 15 is 0 Å². The van der Waals surface area contributed by atoms with Gasteiger partial charge in [0.05, 0.1) is 6.57 Å². The molecule has 9 heteroatoms. The highest BCUT2D eigenvalue weighted by molar-refractivity contribution is 6.03. The molecule has 0 aliphatic heterocycles. The molecule has 3 fully saturated rings. The van der Waals surface area contributed by atoms with E-state index in [1.807, 2.05) is 46.8 Å². The predicted molar refractivity (Wildman–Crippen MR) is 181 cm³/mol. The van der Waals surface area contributed by atoms with E-state index in [1.165, 1.54) is 0 Å². The Hall–Kier alpha value is -3.28. The van der Waals surface area contributed by atoms with Crippen molar-refractivity contribution in [2.24, 2.45) is 44.8 Å². The molecule has 48 heavy (non-hydrogen) atoms. The summed E-state index contributed by atoms with van der Waals surface area (Å²) in [5.74, 6) is 1.10. The van der Waals surface area contributed by atoms with Crippen LogP contribution in [-0.4, -0.2) is 39.9 Å². The van der Waals surface area contributed by atoms with Gasteiger partial charge in [0.15, 0.2) is 17.4 Å². The fourth-order valence-electron chi connectivity index (χ4n) is 11.1. The average Bonchev–Trinajstić information content (AvgIpc) is 3.44. The Morgan fingerprint density at radius 3 is 2.42 bits per heavy atom. The Bertz CT molecular complexity index is 1650. The second kappa shape index (κ2) is 10.9. The lowest BCUT2D eigenvalue weighted by atomic mass is 9.34. The minimum Gasteiger partial charge on any atom is -0.444 e. The molecule has 0 bridgehead atoms. The summed E-state index contributed by atoms with van der Waals surface area (Å²) >= 11 is 0. The van der Waals surface area contributed by atoms with Crippen LogP contribution in [0.1, 0.15) is 126 Å². The number of nitrogens with zero attached hydrogens (tertiary/aromatic N) is 3. The van der Waals surface area contributed by atoms with Crippen LogP contribution >= 0.6 is 0 Å². The molecule has 3 saturated carbocycles. The molecule has 260 valence electrons. The summed E-state index contributed by atoms with van der Waals surface area (Å²) in [4.78, 5) is 49.0. The quantitative estimate of drug-likeness (QED) is 0.326. The fraction of sp³-hybridized carbons (Fsp3) is 0.744. The van der Waals surface area contributed by atoms with Crippen molar-refractivity contribution in [1.82, 2.24) is 15.5 Å². The van der Waals surface area contributed by atoms with Crippen LogP contribution in [0, 0.1) is 51.4 Å². The zero-order chi connectivity index (χ0) is 35.3. The van der Waals surface area contributed by atoms with E-state index in [0.29, 0.717) is 24.7 Å². The van der Waals surface area contributed by atoms with Gasteiger partial charge >= 0.3 is 6.09 Å². The Kier molecular flexibility index (Phi) is 7.82. The van der Waals surface area contributed by atoms with Crippen molar-refractivity contribution in [1.29, 1.82) is 0 Å². The number of carbonyl (C=O) groups is 3. The van der Waals surface area contributed by atoms with E-state index in [9.17, 15) is 14.4 Å². The number of ether oxygens (including phenoxy) is 1. The van der Waals surface area contributed by atoms with Gasteiger partial charge in [-0.15, -0.1) is 0 Å². The van der Waals surface area contributed by atoms with Crippen molar-refractivity contribution in [3.63, 3.8) is 0 Å². The zero-order valence-electron chi connectivity index (χ0n) is 30.6. The largest absolute Gasteiger partial charge is 0.444 e. The molecule has 1 amide bonds. The smallest absolute Gasteiger partial charge is 0.407 e. The van der Waals surface area contributed by atoms with Gasteiger partial charge < -0.3 is 19.4 Å². The summed E-state index contributed by atoms with van der Waals surface area (Å²) in [6, 6.07) is 0. The van der Waals surface area contributed by atoms with Crippen LogP contribution < -0.4 is 5.32 Å². The molecule has 0 aromatic carbocycles. The van der Waals surface area contributed by atoms with Crippen molar-refractivity contribution >= 4 is 17.7 Å². The van der Waals surface area contributed by atoms with Crippen molar-refractivity contribution in [2.45, 2.75) is 132 Å². The SMILES string of the molecule is [C-]#[N+]C1=C[C@]2(C)C3=CC(=O)[C@@H]4[C@@H]5CC(C)(C)CC[C@]5(c5noc(CCNC(=O)OC(C)(C)C)n5)CC[C@@]4(C)[C@]3(C)CC[C@H]2C(C)(C)C1=O. The van der Waals surface area contributed by atoms with Gasteiger partial charge in [-0.25, -0.2) is 9.64 Å². The van der Waals surface area contributed by atoms with Crippen molar-refractivity contribution in [2.75, 3.05) is 6.54 Å². The maximum absolute atomic E-state index is 14.8. The number of rotatable bonds is 4. The molecule has 1 heterocycles. The van der Waals surface area contributed by atoms with E-state index in [4.69, 9.17) is 20.8 Å². The van der Waals surface area contributed by atoms with Crippen LogP contribution in [0.5, 0.6) is 0 Å². The van der Waals surface area contributed by atoms with E-state index < -0.39 is 22.5 Å². The summed E-state index contributed by atoms with van der Waals surface area (Å²) in [5, 5.41) is 7.36.